The SMILES string of the molecule is CC(=O)Nc1cccc(C2=C[C@@H](c3ccco3)n3ncnc3N2)c1. The van der Waals surface area contributed by atoms with Gasteiger partial charge in [-0.3, -0.25) is 4.79 Å². The fourth-order valence-corrected chi connectivity index (χ4v) is 2.73. The van der Waals surface area contributed by atoms with Crippen molar-refractivity contribution in [2.24, 2.45) is 0 Å². The summed E-state index contributed by atoms with van der Waals surface area (Å²) in [6.07, 6.45) is 5.16. The second-order valence-electron chi connectivity index (χ2n) is 5.46. The fourth-order valence-electron chi connectivity index (χ4n) is 2.73. The Morgan fingerprint density at radius 3 is 3.04 bits per heavy atom. The number of hydrogen-bond acceptors (Lipinski definition) is 5. The molecule has 3 heterocycles. The molecule has 7 heteroatoms. The van der Waals surface area contributed by atoms with Crippen molar-refractivity contribution >= 4 is 23.2 Å². The van der Waals surface area contributed by atoms with Crippen molar-refractivity contribution in [1.29, 1.82) is 0 Å². The molecule has 7 nitrogen and oxygen atoms in total. The molecule has 0 aliphatic carbocycles. The van der Waals surface area contributed by atoms with E-state index in [4.69, 9.17) is 4.42 Å². The maximum Gasteiger partial charge on any atom is 0.226 e. The van der Waals surface area contributed by atoms with Crippen molar-refractivity contribution in [3.63, 3.8) is 0 Å². The number of hydrogen-bond donors (Lipinski definition) is 2. The van der Waals surface area contributed by atoms with Gasteiger partial charge in [0.05, 0.1) is 6.26 Å². The third-order valence-electron chi connectivity index (χ3n) is 3.74. The van der Waals surface area contributed by atoms with Crippen LogP contribution in [-0.2, 0) is 4.79 Å². The summed E-state index contributed by atoms with van der Waals surface area (Å²) >= 11 is 0. The lowest BCUT2D eigenvalue weighted by Gasteiger charge is -2.23. The maximum absolute atomic E-state index is 11.3. The monoisotopic (exact) mass is 321 g/mol. The first-order valence-corrected chi connectivity index (χ1v) is 7.50. The van der Waals surface area contributed by atoms with E-state index in [2.05, 4.69) is 20.7 Å². The van der Waals surface area contributed by atoms with Crippen LogP contribution in [0.3, 0.4) is 0 Å². The lowest BCUT2D eigenvalue weighted by atomic mass is 10.1. The standard InChI is InChI=1S/C17H15N5O2/c1-11(23)20-13-5-2-4-12(8-13)14-9-15(16-6-3-7-24-16)22-17(21-14)18-10-19-22/h2-10,15H,1H3,(H,20,23)(H,18,19,21)/t15-/m0/s1. The summed E-state index contributed by atoms with van der Waals surface area (Å²) in [5, 5.41) is 10.3. The predicted molar refractivity (Wildman–Crippen MR) is 89.2 cm³/mol. The van der Waals surface area contributed by atoms with Gasteiger partial charge in [-0.2, -0.15) is 10.1 Å². The number of carbonyl (C=O) groups excluding carboxylic acids is 1. The minimum Gasteiger partial charge on any atom is -0.467 e. The van der Waals surface area contributed by atoms with Gasteiger partial charge in [0.2, 0.25) is 11.9 Å². The number of rotatable bonds is 3. The van der Waals surface area contributed by atoms with Crippen molar-refractivity contribution in [2.45, 2.75) is 13.0 Å². The molecule has 0 radical (unpaired) electrons. The van der Waals surface area contributed by atoms with Gasteiger partial charge in [0.1, 0.15) is 18.1 Å². The Labute approximate surface area is 138 Å². The molecule has 1 amide bonds. The van der Waals surface area contributed by atoms with Crippen molar-refractivity contribution < 1.29 is 9.21 Å². The molecule has 3 aromatic rings. The summed E-state index contributed by atoms with van der Waals surface area (Å²) in [7, 11) is 0. The smallest absolute Gasteiger partial charge is 0.226 e. The Bertz CT molecular complexity index is 911. The average molecular weight is 321 g/mol. The Morgan fingerprint density at radius 2 is 2.25 bits per heavy atom. The van der Waals surface area contributed by atoms with Crippen molar-refractivity contribution in [2.75, 3.05) is 10.6 Å². The molecule has 0 spiro atoms. The number of amides is 1. The second-order valence-corrected chi connectivity index (χ2v) is 5.46. The highest BCUT2D eigenvalue weighted by atomic mass is 16.3. The van der Waals surface area contributed by atoms with Crippen LogP contribution < -0.4 is 10.6 Å². The van der Waals surface area contributed by atoms with Gasteiger partial charge >= 0.3 is 0 Å². The van der Waals surface area contributed by atoms with Crippen LogP contribution in [0.5, 0.6) is 0 Å². The molecule has 0 saturated heterocycles. The maximum atomic E-state index is 11.3. The van der Waals surface area contributed by atoms with Crippen LogP contribution in [0.25, 0.3) is 5.70 Å². The van der Waals surface area contributed by atoms with E-state index in [1.807, 2.05) is 42.5 Å². The van der Waals surface area contributed by atoms with Crippen LogP contribution >= 0.6 is 0 Å². The van der Waals surface area contributed by atoms with Gasteiger partial charge in [0, 0.05) is 18.3 Å². The predicted octanol–water partition coefficient (Wildman–Crippen LogP) is 2.89. The van der Waals surface area contributed by atoms with E-state index in [1.165, 1.54) is 13.3 Å². The number of fused-ring (bicyclic) bond motifs is 1. The highest BCUT2D eigenvalue weighted by Crippen LogP contribution is 2.32. The van der Waals surface area contributed by atoms with Gasteiger partial charge in [-0.05, 0) is 35.9 Å². The number of allylic oxidation sites excluding steroid dienone is 1. The molecule has 1 atom stereocenters. The summed E-state index contributed by atoms with van der Waals surface area (Å²) < 4.78 is 7.31. The van der Waals surface area contributed by atoms with E-state index >= 15 is 0 Å². The molecule has 2 aromatic heterocycles. The van der Waals surface area contributed by atoms with Gasteiger partial charge in [0.15, 0.2) is 0 Å². The molecule has 0 saturated carbocycles. The van der Waals surface area contributed by atoms with E-state index in [1.54, 1.807) is 10.9 Å². The van der Waals surface area contributed by atoms with Gasteiger partial charge < -0.3 is 15.1 Å². The molecule has 0 bridgehead atoms. The zero-order valence-electron chi connectivity index (χ0n) is 12.9. The topological polar surface area (TPSA) is 85.0 Å². The van der Waals surface area contributed by atoms with Gasteiger partial charge in [-0.25, -0.2) is 4.68 Å². The largest absolute Gasteiger partial charge is 0.467 e. The number of furan rings is 1. The van der Waals surface area contributed by atoms with Gasteiger partial charge in [-0.15, -0.1) is 0 Å². The number of nitrogens with zero attached hydrogens (tertiary/aromatic N) is 3. The number of carbonyl (C=O) groups is 1. The average Bonchev–Trinajstić information content (AvgIpc) is 3.25. The first-order valence-electron chi connectivity index (χ1n) is 7.50. The van der Waals surface area contributed by atoms with E-state index in [-0.39, 0.29) is 11.9 Å². The third kappa shape index (κ3) is 2.56. The quantitative estimate of drug-likeness (QED) is 0.775. The van der Waals surface area contributed by atoms with Crippen LogP contribution in [0, 0.1) is 0 Å². The summed E-state index contributed by atoms with van der Waals surface area (Å²) in [6, 6.07) is 11.2. The Kier molecular flexibility index (Phi) is 3.38. The Balaban J connectivity index is 1.74. The minimum atomic E-state index is -0.182. The fraction of sp³-hybridized carbons (Fsp3) is 0.118. The van der Waals surface area contributed by atoms with Gasteiger partial charge in [0.25, 0.3) is 0 Å². The van der Waals surface area contributed by atoms with E-state index < -0.39 is 0 Å². The first kappa shape index (κ1) is 14.3. The minimum absolute atomic E-state index is 0.106. The van der Waals surface area contributed by atoms with Gasteiger partial charge in [-0.1, -0.05) is 12.1 Å². The van der Waals surface area contributed by atoms with Crippen LogP contribution in [0.1, 0.15) is 24.3 Å². The van der Waals surface area contributed by atoms with Crippen molar-refractivity contribution in [3.05, 3.63) is 66.4 Å². The molecule has 4 rings (SSSR count). The third-order valence-corrected chi connectivity index (χ3v) is 3.74. The summed E-state index contributed by atoms with van der Waals surface area (Å²) in [4.78, 5) is 15.5. The number of nitrogens with one attached hydrogen (secondary N) is 2. The molecular formula is C17H15N5O2. The lowest BCUT2D eigenvalue weighted by molar-refractivity contribution is -0.114. The Morgan fingerprint density at radius 1 is 1.33 bits per heavy atom. The normalized spacial score (nSPS) is 16.0. The van der Waals surface area contributed by atoms with Crippen LogP contribution in [0.15, 0.2) is 59.5 Å². The van der Waals surface area contributed by atoms with Crippen LogP contribution in [0.2, 0.25) is 0 Å². The second kappa shape index (κ2) is 5.69. The van der Waals surface area contributed by atoms with E-state index in [9.17, 15) is 4.79 Å². The van der Waals surface area contributed by atoms with Crippen molar-refractivity contribution in [3.8, 4) is 0 Å². The molecule has 0 fully saturated rings. The van der Waals surface area contributed by atoms with E-state index in [0.717, 1.165) is 22.7 Å². The molecule has 2 N–H and O–H groups in total. The zero-order chi connectivity index (χ0) is 16.5. The molecule has 0 unspecified atom stereocenters. The molecule has 1 aliphatic heterocycles. The Hall–Kier alpha value is -3.35. The van der Waals surface area contributed by atoms with Crippen LogP contribution in [-0.4, -0.2) is 20.7 Å². The molecule has 1 aliphatic rings. The first-order chi connectivity index (χ1) is 11.7. The highest BCUT2D eigenvalue weighted by Gasteiger charge is 2.25. The van der Waals surface area contributed by atoms with Crippen molar-refractivity contribution in [1.82, 2.24) is 14.8 Å². The number of anilines is 2. The number of benzene rings is 1. The molecule has 24 heavy (non-hydrogen) atoms. The summed E-state index contributed by atoms with van der Waals surface area (Å²) in [5.74, 6) is 1.31. The van der Waals surface area contributed by atoms with Crippen LogP contribution in [0.4, 0.5) is 11.6 Å². The zero-order valence-corrected chi connectivity index (χ0v) is 12.9. The summed E-state index contributed by atoms with van der Waals surface area (Å²) in [5.41, 5.74) is 2.56. The lowest BCUT2D eigenvalue weighted by Crippen LogP contribution is -2.20. The summed E-state index contributed by atoms with van der Waals surface area (Å²) in [6.45, 7) is 1.49. The highest BCUT2D eigenvalue weighted by molar-refractivity contribution is 5.89. The molecule has 1 aromatic carbocycles. The number of aromatic nitrogens is 3. The molecule has 120 valence electrons. The van der Waals surface area contributed by atoms with E-state index in [0.29, 0.717) is 5.95 Å². The molecular weight excluding hydrogens is 306 g/mol.